The second-order valence-corrected chi connectivity index (χ2v) is 9.82. The Hall–Kier alpha value is -1.51. The van der Waals surface area contributed by atoms with E-state index in [4.69, 9.17) is 9.47 Å². The van der Waals surface area contributed by atoms with E-state index in [1.165, 1.54) is 5.56 Å². The maximum Gasteiger partial charge on any atom is 0.514 e. The van der Waals surface area contributed by atoms with Crippen molar-refractivity contribution in [3.8, 4) is 5.75 Å². The molecule has 1 unspecified atom stereocenters. The molecule has 0 aliphatic carbocycles. The first-order valence-electron chi connectivity index (χ1n) is 8.68. The smallest absolute Gasteiger partial charge is 0.428 e. The van der Waals surface area contributed by atoms with Gasteiger partial charge < -0.3 is 9.47 Å². The highest BCUT2D eigenvalue weighted by Crippen LogP contribution is 2.43. The minimum atomic E-state index is -0.669. The van der Waals surface area contributed by atoms with Crippen LogP contribution < -0.4 is 4.74 Å². The molecule has 0 bridgehead atoms. The van der Waals surface area contributed by atoms with Crippen LogP contribution in [0, 0.1) is 10.8 Å². The molecule has 0 aromatic heterocycles. The monoisotopic (exact) mass is 334 g/mol. The highest BCUT2D eigenvalue weighted by Gasteiger charge is 2.30. The Morgan fingerprint density at radius 2 is 1.42 bits per heavy atom. The molecule has 0 saturated carbocycles. The van der Waals surface area contributed by atoms with Crippen LogP contribution in [0.5, 0.6) is 5.75 Å². The zero-order valence-corrected chi connectivity index (χ0v) is 16.8. The molecular weight excluding hydrogens is 300 g/mol. The van der Waals surface area contributed by atoms with Crippen LogP contribution in [-0.2, 0) is 4.74 Å². The molecule has 0 spiro atoms. The maximum atomic E-state index is 11.7. The number of ether oxygens (including phenoxy) is 2. The van der Waals surface area contributed by atoms with Crippen LogP contribution in [0.2, 0.25) is 0 Å². The fourth-order valence-corrected chi connectivity index (χ4v) is 2.67. The molecule has 1 atom stereocenters. The van der Waals surface area contributed by atoms with E-state index in [9.17, 15) is 4.79 Å². The molecule has 0 radical (unpaired) electrons. The second kappa shape index (κ2) is 7.16. The lowest BCUT2D eigenvalue weighted by atomic mass is 9.69. The third-order valence-electron chi connectivity index (χ3n) is 3.74. The Balaban J connectivity index is 2.89. The molecule has 3 nitrogen and oxygen atoms in total. The normalized spacial score (nSPS) is 14.2. The number of hydrogen-bond donors (Lipinski definition) is 0. The summed E-state index contributed by atoms with van der Waals surface area (Å²) in [6, 6.07) is 7.81. The molecule has 1 rings (SSSR count). The van der Waals surface area contributed by atoms with Crippen LogP contribution in [0.25, 0.3) is 0 Å². The number of hydrogen-bond acceptors (Lipinski definition) is 3. The van der Waals surface area contributed by atoms with E-state index < -0.39 is 11.8 Å². The van der Waals surface area contributed by atoms with Gasteiger partial charge in [-0.05, 0) is 61.6 Å². The first-order valence-corrected chi connectivity index (χ1v) is 8.68. The standard InChI is InChI=1S/C21H34O3/c1-19(2,3)14-17(20(4,5)6)15-10-12-16(13-11-15)23-18(22)24-21(7,8)9/h10-13,17H,14H2,1-9H3. The molecular formula is C21H34O3. The van der Waals surface area contributed by atoms with Gasteiger partial charge in [0, 0.05) is 0 Å². The summed E-state index contributed by atoms with van der Waals surface area (Å²) in [5, 5.41) is 0. The van der Waals surface area contributed by atoms with Gasteiger partial charge in [-0.25, -0.2) is 4.79 Å². The molecule has 0 aliphatic heterocycles. The summed E-state index contributed by atoms with van der Waals surface area (Å²) >= 11 is 0. The van der Waals surface area contributed by atoms with E-state index in [0.29, 0.717) is 11.7 Å². The van der Waals surface area contributed by atoms with E-state index in [-0.39, 0.29) is 10.8 Å². The molecule has 0 N–H and O–H groups in total. The van der Waals surface area contributed by atoms with Crippen LogP contribution in [0.3, 0.4) is 0 Å². The van der Waals surface area contributed by atoms with E-state index in [1.54, 1.807) is 0 Å². The maximum absolute atomic E-state index is 11.7. The lowest BCUT2D eigenvalue weighted by molar-refractivity contribution is 0.0206. The topological polar surface area (TPSA) is 35.5 Å². The third-order valence-corrected chi connectivity index (χ3v) is 3.74. The Morgan fingerprint density at radius 1 is 0.917 bits per heavy atom. The highest BCUT2D eigenvalue weighted by molar-refractivity contribution is 5.64. The van der Waals surface area contributed by atoms with Gasteiger partial charge in [0.1, 0.15) is 11.4 Å². The molecule has 0 fully saturated rings. The molecule has 3 heteroatoms. The van der Waals surface area contributed by atoms with Crippen LogP contribution in [0.4, 0.5) is 4.79 Å². The summed E-state index contributed by atoms with van der Waals surface area (Å²) in [6.07, 6.45) is 0.431. The van der Waals surface area contributed by atoms with Gasteiger partial charge in [0.05, 0.1) is 0 Å². The largest absolute Gasteiger partial charge is 0.514 e. The molecule has 0 aliphatic rings. The minimum Gasteiger partial charge on any atom is -0.428 e. The van der Waals surface area contributed by atoms with E-state index in [2.05, 4.69) is 53.7 Å². The summed E-state index contributed by atoms with van der Waals surface area (Å²) in [6.45, 7) is 19.1. The number of carbonyl (C=O) groups excluding carboxylic acids is 1. The Kier molecular flexibility index (Phi) is 6.13. The van der Waals surface area contributed by atoms with Crippen LogP contribution in [0.15, 0.2) is 24.3 Å². The summed E-state index contributed by atoms with van der Waals surface area (Å²) in [7, 11) is 0. The van der Waals surface area contributed by atoms with Gasteiger partial charge in [-0.2, -0.15) is 0 Å². The van der Waals surface area contributed by atoms with E-state index in [0.717, 1.165) is 6.42 Å². The van der Waals surface area contributed by atoms with Crippen molar-refractivity contribution in [2.75, 3.05) is 0 Å². The van der Waals surface area contributed by atoms with Crippen molar-refractivity contribution >= 4 is 6.16 Å². The molecule has 1 aromatic rings. The van der Waals surface area contributed by atoms with E-state index >= 15 is 0 Å². The molecule has 0 saturated heterocycles. The summed E-state index contributed by atoms with van der Waals surface area (Å²) in [5.74, 6) is 0.949. The van der Waals surface area contributed by atoms with E-state index in [1.807, 2.05) is 32.9 Å². The van der Waals surface area contributed by atoms with Gasteiger partial charge in [0.15, 0.2) is 0 Å². The molecule has 0 heterocycles. The molecule has 24 heavy (non-hydrogen) atoms. The van der Waals surface area contributed by atoms with Crippen LogP contribution in [0.1, 0.15) is 80.2 Å². The van der Waals surface area contributed by atoms with Gasteiger partial charge in [-0.3, -0.25) is 0 Å². The Bertz CT molecular complexity index is 536. The van der Waals surface area contributed by atoms with Crippen molar-refractivity contribution < 1.29 is 14.3 Å². The molecule has 1 aromatic carbocycles. The quantitative estimate of drug-likeness (QED) is 0.463. The van der Waals surface area contributed by atoms with Crippen molar-refractivity contribution in [3.63, 3.8) is 0 Å². The fraction of sp³-hybridized carbons (Fsp3) is 0.667. The SMILES string of the molecule is CC(C)(C)CC(c1ccc(OC(=O)OC(C)(C)C)cc1)C(C)(C)C. The summed E-state index contributed by atoms with van der Waals surface area (Å²) in [4.78, 5) is 11.7. The van der Waals surface area contributed by atoms with Gasteiger partial charge in [-0.1, -0.05) is 53.7 Å². The summed E-state index contributed by atoms with van der Waals surface area (Å²) in [5.41, 5.74) is 1.14. The Morgan fingerprint density at radius 3 is 1.79 bits per heavy atom. The van der Waals surface area contributed by atoms with Gasteiger partial charge in [-0.15, -0.1) is 0 Å². The van der Waals surface area contributed by atoms with Crippen molar-refractivity contribution in [1.29, 1.82) is 0 Å². The first-order chi connectivity index (χ1) is 10.7. The fourth-order valence-electron chi connectivity index (χ4n) is 2.67. The number of carbonyl (C=O) groups is 1. The van der Waals surface area contributed by atoms with Crippen molar-refractivity contribution in [2.45, 2.75) is 80.3 Å². The summed E-state index contributed by atoms with van der Waals surface area (Å²) < 4.78 is 10.4. The van der Waals surface area contributed by atoms with Crippen molar-refractivity contribution in [1.82, 2.24) is 0 Å². The average Bonchev–Trinajstić information content (AvgIpc) is 2.32. The van der Waals surface area contributed by atoms with Gasteiger partial charge >= 0.3 is 6.16 Å². The number of rotatable bonds is 3. The predicted molar refractivity (Wildman–Crippen MR) is 99.6 cm³/mol. The number of benzene rings is 1. The minimum absolute atomic E-state index is 0.167. The van der Waals surface area contributed by atoms with Crippen molar-refractivity contribution in [2.24, 2.45) is 10.8 Å². The lowest BCUT2D eigenvalue weighted by Gasteiger charge is -2.36. The van der Waals surface area contributed by atoms with Crippen LogP contribution in [-0.4, -0.2) is 11.8 Å². The molecule has 136 valence electrons. The predicted octanol–water partition coefficient (Wildman–Crippen LogP) is 6.57. The van der Waals surface area contributed by atoms with Gasteiger partial charge in [0.25, 0.3) is 0 Å². The highest BCUT2D eigenvalue weighted by atomic mass is 16.7. The van der Waals surface area contributed by atoms with Gasteiger partial charge in [0.2, 0.25) is 0 Å². The zero-order chi connectivity index (χ0) is 18.8. The first kappa shape index (κ1) is 20.5. The average molecular weight is 335 g/mol. The lowest BCUT2D eigenvalue weighted by Crippen LogP contribution is -2.26. The Labute approximate surface area is 147 Å². The molecule has 0 amide bonds. The third kappa shape index (κ3) is 7.37. The zero-order valence-electron chi connectivity index (χ0n) is 16.8. The van der Waals surface area contributed by atoms with Crippen molar-refractivity contribution in [3.05, 3.63) is 29.8 Å². The second-order valence-electron chi connectivity index (χ2n) is 9.82. The van der Waals surface area contributed by atoms with Crippen LogP contribution >= 0.6 is 0 Å².